The first-order valence-corrected chi connectivity index (χ1v) is 6.21. The van der Waals surface area contributed by atoms with Gasteiger partial charge in [0.05, 0.1) is 6.42 Å². The van der Waals surface area contributed by atoms with Gasteiger partial charge in [0.25, 0.3) is 5.91 Å². The Morgan fingerprint density at radius 3 is 2.84 bits per heavy atom. The average molecular weight is 258 g/mol. The van der Waals surface area contributed by atoms with Crippen LogP contribution in [0.15, 0.2) is 30.5 Å². The second-order valence-corrected chi connectivity index (χ2v) is 4.95. The Morgan fingerprint density at radius 2 is 2.11 bits per heavy atom. The fourth-order valence-corrected chi connectivity index (χ4v) is 2.48. The Labute approximate surface area is 109 Å². The number of likely N-dealkylation sites (tertiary alicyclic amines) is 1. The summed E-state index contributed by atoms with van der Waals surface area (Å²) >= 11 is 0. The molecule has 0 saturated carbocycles. The molecular formula is C14H14N2O3. The van der Waals surface area contributed by atoms with Crippen molar-refractivity contribution in [3.63, 3.8) is 0 Å². The molecule has 3 rings (SSSR count). The number of rotatable bonds is 3. The van der Waals surface area contributed by atoms with Crippen LogP contribution in [0, 0.1) is 5.92 Å². The van der Waals surface area contributed by atoms with E-state index in [4.69, 9.17) is 5.11 Å². The molecule has 2 aromatic rings. The predicted octanol–water partition coefficient (Wildman–Crippen LogP) is 1.71. The number of amides is 1. The fraction of sp³-hybridized carbons (Fsp3) is 0.286. The molecule has 0 atom stereocenters. The van der Waals surface area contributed by atoms with Gasteiger partial charge in [-0.2, -0.15) is 0 Å². The molecule has 0 aliphatic carbocycles. The van der Waals surface area contributed by atoms with Crippen molar-refractivity contribution in [3.05, 3.63) is 36.0 Å². The Balaban J connectivity index is 1.69. The summed E-state index contributed by atoms with van der Waals surface area (Å²) < 4.78 is 0. The van der Waals surface area contributed by atoms with Gasteiger partial charge in [-0.3, -0.25) is 9.59 Å². The van der Waals surface area contributed by atoms with Gasteiger partial charge in [-0.15, -0.1) is 0 Å². The van der Waals surface area contributed by atoms with Crippen LogP contribution in [0.3, 0.4) is 0 Å². The quantitative estimate of drug-likeness (QED) is 0.880. The maximum atomic E-state index is 12.2. The van der Waals surface area contributed by atoms with E-state index in [0.717, 1.165) is 10.9 Å². The first kappa shape index (κ1) is 11.8. The van der Waals surface area contributed by atoms with Crippen LogP contribution in [0.5, 0.6) is 0 Å². The second-order valence-electron chi connectivity index (χ2n) is 4.95. The van der Waals surface area contributed by atoms with Crippen LogP contribution in [0.1, 0.15) is 16.8 Å². The van der Waals surface area contributed by atoms with Gasteiger partial charge < -0.3 is 15.0 Å². The average Bonchev–Trinajstić information content (AvgIpc) is 2.79. The van der Waals surface area contributed by atoms with E-state index in [-0.39, 0.29) is 18.2 Å². The number of hydrogen-bond donors (Lipinski definition) is 2. The molecule has 5 nitrogen and oxygen atoms in total. The molecule has 0 spiro atoms. The predicted molar refractivity (Wildman–Crippen MR) is 69.9 cm³/mol. The molecule has 0 bridgehead atoms. The lowest BCUT2D eigenvalue weighted by Gasteiger charge is -2.38. The van der Waals surface area contributed by atoms with Crippen molar-refractivity contribution < 1.29 is 14.7 Å². The van der Waals surface area contributed by atoms with Gasteiger partial charge in [0.1, 0.15) is 0 Å². The normalized spacial score (nSPS) is 15.5. The Bertz CT molecular complexity index is 641. The maximum Gasteiger partial charge on any atom is 0.303 e. The Hall–Kier alpha value is -2.30. The number of carbonyl (C=O) groups is 2. The molecule has 1 aromatic heterocycles. The van der Waals surface area contributed by atoms with Crippen molar-refractivity contribution in [1.82, 2.24) is 9.88 Å². The van der Waals surface area contributed by atoms with Crippen LogP contribution in [0.25, 0.3) is 10.9 Å². The number of aromatic nitrogens is 1. The lowest BCUT2D eigenvalue weighted by Crippen LogP contribution is -2.50. The van der Waals surface area contributed by atoms with E-state index in [1.54, 1.807) is 11.0 Å². The van der Waals surface area contributed by atoms with Gasteiger partial charge in [-0.25, -0.2) is 0 Å². The molecular weight excluding hydrogens is 244 g/mol. The molecule has 19 heavy (non-hydrogen) atoms. The number of carbonyl (C=O) groups excluding carboxylic acids is 1. The van der Waals surface area contributed by atoms with Crippen LogP contribution in [-0.2, 0) is 4.79 Å². The van der Waals surface area contributed by atoms with Gasteiger partial charge in [-0.05, 0) is 24.3 Å². The minimum absolute atomic E-state index is 0.0234. The lowest BCUT2D eigenvalue weighted by atomic mass is 9.95. The minimum atomic E-state index is -0.800. The third kappa shape index (κ3) is 2.19. The molecule has 1 aliphatic heterocycles. The van der Waals surface area contributed by atoms with Gasteiger partial charge in [0.2, 0.25) is 0 Å². The smallest absolute Gasteiger partial charge is 0.303 e. The molecule has 1 saturated heterocycles. The number of benzene rings is 1. The topological polar surface area (TPSA) is 73.4 Å². The van der Waals surface area contributed by atoms with Crippen molar-refractivity contribution in [2.45, 2.75) is 6.42 Å². The number of nitrogens with zero attached hydrogens (tertiary/aromatic N) is 1. The van der Waals surface area contributed by atoms with E-state index >= 15 is 0 Å². The van der Waals surface area contributed by atoms with E-state index in [9.17, 15) is 9.59 Å². The first-order chi connectivity index (χ1) is 9.13. The molecule has 1 aromatic carbocycles. The molecule has 2 heterocycles. The van der Waals surface area contributed by atoms with Crippen molar-refractivity contribution in [2.75, 3.05) is 13.1 Å². The number of carboxylic acids is 1. The lowest BCUT2D eigenvalue weighted by molar-refractivity contribution is -0.139. The summed E-state index contributed by atoms with van der Waals surface area (Å²) in [4.78, 5) is 27.5. The van der Waals surface area contributed by atoms with Crippen LogP contribution in [0.2, 0.25) is 0 Å². The summed E-state index contributed by atoms with van der Waals surface area (Å²) in [5, 5.41) is 9.69. The zero-order chi connectivity index (χ0) is 13.4. The summed E-state index contributed by atoms with van der Waals surface area (Å²) in [6.07, 6.45) is 1.98. The summed E-state index contributed by atoms with van der Waals surface area (Å²) in [7, 11) is 0. The molecule has 1 aliphatic rings. The van der Waals surface area contributed by atoms with Crippen molar-refractivity contribution in [2.24, 2.45) is 5.92 Å². The second kappa shape index (κ2) is 4.42. The number of hydrogen-bond acceptors (Lipinski definition) is 2. The highest BCUT2D eigenvalue weighted by Crippen LogP contribution is 2.23. The molecule has 1 amide bonds. The Kier molecular flexibility index (Phi) is 2.74. The first-order valence-electron chi connectivity index (χ1n) is 6.21. The monoisotopic (exact) mass is 258 g/mol. The third-order valence-electron chi connectivity index (χ3n) is 3.51. The van der Waals surface area contributed by atoms with Gasteiger partial charge in [0.15, 0.2) is 0 Å². The van der Waals surface area contributed by atoms with E-state index in [1.165, 1.54) is 0 Å². The number of nitrogens with one attached hydrogen (secondary N) is 1. The summed E-state index contributed by atoms with van der Waals surface area (Å²) in [5.74, 6) is -0.729. The maximum absolute atomic E-state index is 12.2. The minimum Gasteiger partial charge on any atom is -0.481 e. The fourth-order valence-electron chi connectivity index (χ4n) is 2.48. The summed E-state index contributed by atoms with van der Waals surface area (Å²) in [6, 6.07) is 7.47. The molecule has 0 unspecified atom stereocenters. The van der Waals surface area contributed by atoms with Crippen LogP contribution in [0.4, 0.5) is 0 Å². The van der Waals surface area contributed by atoms with Crippen molar-refractivity contribution >= 4 is 22.8 Å². The highest BCUT2D eigenvalue weighted by atomic mass is 16.4. The number of carboxylic acid groups (broad SMARTS) is 1. The highest BCUT2D eigenvalue weighted by Gasteiger charge is 2.32. The van der Waals surface area contributed by atoms with Crippen LogP contribution >= 0.6 is 0 Å². The molecule has 5 heteroatoms. The number of fused-ring (bicyclic) bond motifs is 1. The van der Waals surface area contributed by atoms with Crippen LogP contribution < -0.4 is 0 Å². The third-order valence-corrected chi connectivity index (χ3v) is 3.51. The van der Waals surface area contributed by atoms with E-state index in [0.29, 0.717) is 18.7 Å². The van der Waals surface area contributed by atoms with Crippen molar-refractivity contribution in [1.29, 1.82) is 0 Å². The largest absolute Gasteiger partial charge is 0.481 e. The highest BCUT2D eigenvalue weighted by molar-refractivity contribution is 5.98. The molecule has 1 fully saturated rings. The van der Waals surface area contributed by atoms with E-state index < -0.39 is 5.97 Å². The van der Waals surface area contributed by atoms with Gasteiger partial charge >= 0.3 is 5.97 Å². The molecule has 98 valence electrons. The van der Waals surface area contributed by atoms with E-state index in [2.05, 4.69) is 4.98 Å². The summed E-state index contributed by atoms with van der Waals surface area (Å²) in [6.45, 7) is 1.08. The summed E-state index contributed by atoms with van der Waals surface area (Å²) in [5.41, 5.74) is 1.66. The standard InChI is InChI=1S/C14H14N2O3/c17-13(18)5-9-7-16(8-9)14(19)11-1-2-12-10(6-11)3-4-15-12/h1-4,6,9,15H,5,7-8H2,(H,17,18). The SMILES string of the molecule is O=C(O)CC1CN(C(=O)c2ccc3[nH]ccc3c2)C1. The van der Waals surface area contributed by atoms with Crippen molar-refractivity contribution in [3.8, 4) is 0 Å². The van der Waals surface area contributed by atoms with E-state index in [1.807, 2.05) is 24.4 Å². The van der Waals surface area contributed by atoms with Crippen LogP contribution in [-0.4, -0.2) is 40.0 Å². The Morgan fingerprint density at radius 1 is 1.32 bits per heavy atom. The zero-order valence-corrected chi connectivity index (χ0v) is 10.3. The molecule has 2 N–H and O–H groups in total. The molecule has 0 radical (unpaired) electrons. The number of aromatic amines is 1. The number of H-pyrrole nitrogens is 1. The number of aliphatic carboxylic acids is 1. The van der Waals surface area contributed by atoms with Gasteiger partial charge in [0, 0.05) is 41.7 Å². The zero-order valence-electron chi connectivity index (χ0n) is 10.3. The van der Waals surface area contributed by atoms with Gasteiger partial charge in [-0.1, -0.05) is 0 Å².